The minimum Gasteiger partial charge on any atom is -0.302 e. The van der Waals surface area contributed by atoms with Crippen molar-refractivity contribution in [2.45, 2.75) is 70.0 Å². The Bertz CT molecular complexity index is 400. The van der Waals surface area contributed by atoms with Crippen LogP contribution in [0.25, 0.3) is 0 Å². The van der Waals surface area contributed by atoms with E-state index in [1.54, 1.807) is 4.90 Å². The summed E-state index contributed by atoms with van der Waals surface area (Å²) in [5.74, 6) is 0.0398. The van der Waals surface area contributed by atoms with Crippen LogP contribution in [-0.4, -0.2) is 59.4 Å². The highest BCUT2D eigenvalue weighted by Gasteiger charge is 2.43. The normalized spacial score (nSPS) is 29.8. The number of carbonyl (C=O) groups is 2. The molecule has 2 heterocycles. The molecule has 0 radical (unpaired) electrons. The van der Waals surface area contributed by atoms with E-state index in [4.69, 9.17) is 0 Å². The number of nitrogens with zero attached hydrogens (tertiary/aromatic N) is 2. The topological polar surface area (TPSA) is 52.7 Å². The molecule has 2 saturated heterocycles. The van der Waals surface area contributed by atoms with Gasteiger partial charge in [0.15, 0.2) is 0 Å². The summed E-state index contributed by atoms with van der Waals surface area (Å²) in [4.78, 5) is 28.7. The molecule has 1 aliphatic carbocycles. The van der Waals surface area contributed by atoms with Crippen molar-refractivity contribution >= 4 is 11.8 Å². The fourth-order valence-corrected chi connectivity index (χ4v) is 4.08. The number of hydrogen-bond acceptors (Lipinski definition) is 4. The Morgan fingerprint density at radius 3 is 2.48 bits per heavy atom. The second-order valence-corrected chi connectivity index (χ2v) is 6.87. The van der Waals surface area contributed by atoms with Gasteiger partial charge in [0.05, 0.1) is 12.5 Å². The number of nitrogens with one attached hydrogen (secondary N) is 1. The van der Waals surface area contributed by atoms with Crippen molar-refractivity contribution in [3.8, 4) is 0 Å². The Balaban J connectivity index is 1.53. The first-order valence-electron chi connectivity index (χ1n) is 8.49. The standard InChI is InChI=1S/C16H27N3O2/c1-12(11-18-8-4-5-9-18)17-14-10-15(20)19(16(14)21)13-6-2-3-7-13/h12-14,17H,2-11H2,1H3. The first-order valence-corrected chi connectivity index (χ1v) is 8.49. The molecule has 0 spiro atoms. The van der Waals surface area contributed by atoms with E-state index in [-0.39, 0.29) is 29.9 Å². The zero-order valence-corrected chi connectivity index (χ0v) is 13.0. The highest BCUT2D eigenvalue weighted by atomic mass is 16.2. The van der Waals surface area contributed by atoms with Crippen LogP contribution in [0.15, 0.2) is 0 Å². The molecular formula is C16H27N3O2. The second-order valence-electron chi connectivity index (χ2n) is 6.87. The molecule has 3 fully saturated rings. The second kappa shape index (κ2) is 6.44. The number of amides is 2. The zero-order chi connectivity index (χ0) is 14.8. The van der Waals surface area contributed by atoms with E-state index in [1.807, 2.05) is 0 Å². The van der Waals surface area contributed by atoms with Crippen molar-refractivity contribution in [3.63, 3.8) is 0 Å². The van der Waals surface area contributed by atoms with Crippen LogP contribution in [0.4, 0.5) is 0 Å². The Kier molecular flexibility index (Phi) is 4.60. The summed E-state index contributed by atoms with van der Waals surface area (Å²) in [5, 5.41) is 3.39. The van der Waals surface area contributed by atoms with Crippen LogP contribution in [0.1, 0.15) is 51.9 Å². The fourth-order valence-electron chi connectivity index (χ4n) is 4.08. The van der Waals surface area contributed by atoms with Crippen LogP contribution >= 0.6 is 0 Å². The van der Waals surface area contributed by atoms with Gasteiger partial charge in [-0.3, -0.25) is 14.5 Å². The Morgan fingerprint density at radius 2 is 1.81 bits per heavy atom. The van der Waals surface area contributed by atoms with Gasteiger partial charge in [-0.15, -0.1) is 0 Å². The Hall–Kier alpha value is -0.940. The van der Waals surface area contributed by atoms with Crippen LogP contribution < -0.4 is 5.32 Å². The van der Waals surface area contributed by atoms with Gasteiger partial charge < -0.3 is 10.2 Å². The van der Waals surface area contributed by atoms with E-state index in [2.05, 4.69) is 17.1 Å². The molecule has 118 valence electrons. The smallest absolute Gasteiger partial charge is 0.247 e. The van der Waals surface area contributed by atoms with Crippen LogP contribution in [0.5, 0.6) is 0 Å². The lowest BCUT2D eigenvalue weighted by atomic mass is 10.2. The van der Waals surface area contributed by atoms with Gasteiger partial charge in [-0.25, -0.2) is 0 Å². The first-order chi connectivity index (χ1) is 10.1. The summed E-state index contributed by atoms with van der Waals surface area (Å²) in [6.07, 6.45) is 7.18. The molecule has 5 nitrogen and oxygen atoms in total. The van der Waals surface area contributed by atoms with Gasteiger partial charge in [0.1, 0.15) is 0 Å². The van der Waals surface area contributed by atoms with Gasteiger partial charge in [0, 0.05) is 18.6 Å². The molecule has 3 rings (SSSR count). The van der Waals surface area contributed by atoms with Gasteiger partial charge in [0.25, 0.3) is 0 Å². The van der Waals surface area contributed by atoms with E-state index >= 15 is 0 Å². The SMILES string of the molecule is CC(CN1CCCC1)NC1CC(=O)N(C2CCCC2)C1=O. The molecule has 2 amide bonds. The lowest BCUT2D eigenvalue weighted by Gasteiger charge is -2.25. The molecule has 0 bridgehead atoms. The monoisotopic (exact) mass is 293 g/mol. The van der Waals surface area contributed by atoms with Crippen LogP contribution in [0.2, 0.25) is 0 Å². The minimum atomic E-state index is -0.296. The maximum atomic E-state index is 12.5. The molecule has 2 unspecified atom stereocenters. The third-order valence-electron chi connectivity index (χ3n) is 5.09. The highest BCUT2D eigenvalue weighted by Crippen LogP contribution is 2.28. The molecule has 1 saturated carbocycles. The van der Waals surface area contributed by atoms with Gasteiger partial charge >= 0.3 is 0 Å². The van der Waals surface area contributed by atoms with Crippen molar-refractivity contribution < 1.29 is 9.59 Å². The molecule has 3 aliphatic rings. The molecule has 1 N–H and O–H groups in total. The van der Waals surface area contributed by atoms with E-state index in [1.165, 1.54) is 12.8 Å². The van der Waals surface area contributed by atoms with Gasteiger partial charge in [-0.05, 0) is 45.7 Å². The fraction of sp³-hybridized carbons (Fsp3) is 0.875. The molecule has 0 aromatic carbocycles. The van der Waals surface area contributed by atoms with Crippen molar-refractivity contribution in [2.75, 3.05) is 19.6 Å². The zero-order valence-electron chi connectivity index (χ0n) is 13.0. The van der Waals surface area contributed by atoms with Gasteiger partial charge in [-0.2, -0.15) is 0 Å². The molecule has 2 aliphatic heterocycles. The predicted molar refractivity (Wildman–Crippen MR) is 80.8 cm³/mol. The van der Waals surface area contributed by atoms with E-state index in [9.17, 15) is 9.59 Å². The molecular weight excluding hydrogens is 266 g/mol. The molecule has 0 aromatic heterocycles. The third kappa shape index (κ3) is 3.29. The molecule has 21 heavy (non-hydrogen) atoms. The summed E-state index contributed by atoms with van der Waals surface area (Å²) in [6.45, 7) is 5.42. The van der Waals surface area contributed by atoms with Crippen LogP contribution in [-0.2, 0) is 9.59 Å². The quantitative estimate of drug-likeness (QED) is 0.772. The average Bonchev–Trinajstić information content (AvgIpc) is 3.14. The van der Waals surface area contributed by atoms with E-state index < -0.39 is 0 Å². The average molecular weight is 293 g/mol. The van der Waals surface area contributed by atoms with E-state index in [0.717, 1.165) is 45.3 Å². The third-order valence-corrected chi connectivity index (χ3v) is 5.09. The Labute approximate surface area is 127 Å². The lowest BCUT2D eigenvalue weighted by molar-refractivity contribution is -0.141. The number of imide groups is 1. The molecule has 2 atom stereocenters. The largest absolute Gasteiger partial charge is 0.302 e. The Morgan fingerprint density at radius 1 is 1.14 bits per heavy atom. The van der Waals surface area contributed by atoms with Crippen molar-refractivity contribution in [1.82, 2.24) is 15.1 Å². The van der Waals surface area contributed by atoms with Crippen molar-refractivity contribution in [2.24, 2.45) is 0 Å². The molecule has 0 aromatic rings. The first kappa shape index (κ1) is 15.0. The predicted octanol–water partition coefficient (Wildman–Crippen LogP) is 1.13. The number of rotatable bonds is 5. The summed E-state index contributed by atoms with van der Waals surface area (Å²) in [7, 11) is 0. The maximum absolute atomic E-state index is 12.5. The summed E-state index contributed by atoms with van der Waals surface area (Å²) in [6, 6.07) is 0.134. The van der Waals surface area contributed by atoms with Crippen LogP contribution in [0, 0.1) is 0 Å². The van der Waals surface area contributed by atoms with Crippen molar-refractivity contribution in [1.29, 1.82) is 0 Å². The maximum Gasteiger partial charge on any atom is 0.247 e. The summed E-state index contributed by atoms with van der Waals surface area (Å²) >= 11 is 0. The highest BCUT2D eigenvalue weighted by molar-refractivity contribution is 6.05. The van der Waals surface area contributed by atoms with Crippen molar-refractivity contribution in [3.05, 3.63) is 0 Å². The number of hydrogen-bond donors (Lipinski definition) is 1. The minimum absolute atomic E-state index is 0.0140. The van der Waals surface area contributed by atoms with Gasteiger partial charge in [-0.1, -0.05) is 12.8 Å². The van der Waals surface area contributed by atoms with E-state index in [0.29, 0.717) is 6.42 Å². The number of carbonyl (C=O) groups excluding carboxylic acids is 2. The van der Waals surface area contributed by atoms with Gasteiger partial charge in [0.2, 0.25) is 11.8 Å². The number of likely N-dealkylation sites (tertiary alicyclic amines) is 2. The molecule has 5 heteroatoms. The van der Waals surface area contributed by atoms with Crippen LogP contribution in [0.3, 0.4) is 0 Å². The summed E-state index contributed by atoms with van der Waals surface area (Å²) in [5.41, 5.74) is 0. The summed E-state index contributed by atoms with van der Waals surface area (Å²) < 4.78 is 0. The lowest BCUT2D eigenvalue weighted by Crippen LogP contribution is -2.48.